The van der Waals surface area contributed by atoms with Crippen molar-refractivity contribution in [2.45, 2.75) is 32.3 Å². The Hall–Kier alpha value is -3.55. The van der Waals surface area contributed by atoms with Crippen LogP contribution in [0.15, 0.2) is 42.5 Å². The SMILES string of the molecule is Cc1ccc2c3c(ccc2n1)OC[C@H](CN(CCCCN1CCc2cc(F)ccc21)C(=O)O)O3. The Morgan fingerprint density at radius 1 is 1.24 bits per heavy atom. The summed E-state index contributed by atoms with van der Waals surface area (Å²) in [5.41, 5.74) is 3.87. The monoisotopic (exact) mass is 465 g/mol. The molecule has 34 heavy (non-hydrogen) atoms. The number of fused-ring (bicyclic) bond motifs is 4. The summed E-state index contributed by atoms with van der Waals surface area (Å²) < 4.78 is 25.5. The number of benzene rings is 2. The summed E-state index contributed by atoms with van der Waals surface area (Å²) >= 11 is 0. The van der Waals surface area contributed by atoms with Crippen molar-refractivity contribution in [1.82, 2.24) is 9.88 Å². The van der Waals surface area contributed by atoms with Crippen LogP contribution >= 0.6 is 0 Å². The highest BCUT2D eigenvalue weighted by atomic mass is 19.1. The normalized spacial score (nSPS) is 16.5. The van der Waals surface area contributed by atoms with Gasteiger partial charge in [0.25, 0.3) is 0 Å². The molecule has 0 radical (unpaired) electrons. The molecule has 1 atom stereocenters. The fraction of sp³-hybridized carbons (Fsp3) is 0.385. The molecule has 3 aromatic rings. The number of hydrogen-bond donors (Lipinski definition) is 1. The number of anilines is 1. The minimum atomic E-state index is -0.966. The second-order valence-corrected chi connectivity index (χ2v) is 8.91. The fourth-order valence-corrected chi connectivity index (χ4v) is 4.75. The summed E-state index contributed by atoms with van der Waals surface area (Å²) in [6.45, 7) is 4.57. The molecule has 8 heteroatoms. The number of hydrogen-bond acceptors (Lipinski definition) is 5. The zero-order valence-electron chi connectivity index (χ0n) is 19.2. The van der Waals surface area contributed by atoms with Crippen LogP contribution in [-0.2, 0) is 6.42 Å². The first kappa shape index (κ1) is 22.3. The molecule has 7 nitrogen and oxygen atoms in total. The van der Waals surface area contributed by atoms with Crippen molar-refractivity contribution in [3.05, 3.63) is 59.5 Å². The number of halogens is 1. The van der Waals surface area contributed by atoms with Crippen LogP contribution < -0.4 is 14.4 Å². The number of nitrogens with zero attached hydrogens (tertiary/aromatic N) is 3. The minimum Gasteiger partial charge on any atom is -0.486 e. The van der Waals surface area contributed by atoms with Gasteiger partial charge in [0.05, 0.1) is 12.1 Å². The lowest BCUT2D eigenvalue weighted by Gasteiger charge is -2.31. The van der Waals surface area contributed by atoms with Gasteiger partial charge in [0.15, 0.2) is 17.6 Å². The van der Waals surface area contributed by atoms with Crippen molar-refractivity contribution in [2.75, 3.05) is 37.7 Å². The van der Waals surface area contributed by atoms with E-state index >= 15 is 0 Å². The third-order valence-electron chi connectivity index (χ3n) is 6.47. The zero-order valence-corrected chi connectivity index (χ0v) is 19.2. The standard InChI is InChI=1S/C26H28FN3O4/c1-17-4-6-21-22(28-17)7-9-24-25(21)34-20(16-33-24)15-30(26(31)32)12-3-2-11-29-13-10-18-14-19(27)5-8-23(18)29/h4-9,14,20H,2-3,10-13,15-16H2,1H3,(H,31,32)/t20-/m0/s1. The van der Waals surface area contributed by atoms with Gasteiger partial charge < -0.3 is 24.4 Å². The highest BCUT2D eigenvalue weighted by molar-refractivity contribution is 5.88. The van der Waals surface area contributed by atoms with Crippen molar-refractivity contribution in [1.29, 1.82) is 0 Å². The number of aryl methyl sites for hydroxylation is 1. The summed E-state index contributed by atoms with van der Waals surface area (Å²) in [7, 11) is 0. The lowest BCUT2D eigenvalue weighted by Crippen LogP contribution is -2.43. The number of rotatable bonds is 7. The van der Waals surface area contributed by atoms with E-state index in [0.717, 1.165) is 60.2 Å². The van der Waals surface area contributed by atoms with E-state index in [4.69, 9.17) is 9.47 Å². The molecule has 1 N–H and O–H groups in total. The lowest BCUT2D eigenvalue weighted by molar-refractivity contribution is 0.0583. The average Bonchev–Trinajstić information content (AvgIpc) is 3.22. The summed E-state index contributed by atoms with van der Waals surface area (Å²) in [6, 6.07) is 12.6. The van der Waals surface area contributed by atoms with Gasteiger partial charge in [-0.05, 0) is 74.2 Å². The van der Waals surface area contributed by atoms with E-state index < -0.39 is 12.2 Å². The number of pyridine rings is 1. The summed E-state index contributed by atoms with van der Waals surface area (Å²) in [5, 5.41) is 10.6. The van der Waals surface area contributed by atoms with Crippen LogP contribution in [-0.4, -0.2) is 60.0 Å². The van der Waals surface area contributed by atoms with Gasteiger partial charge in [0, 0.05) is 36.4 Å². The van der Waals surface area contributed by atoms with Gasteiger partial charge in [-0.25, -0.2) is 9.18 Å². The number of carbonyl (C=O) groups is 1. The van der Waals surface area contributed by atoms with Crippen LogP contribution in [0, 0.1) is 12.7 Å². The highest BCUT2D eigenvalue weighted by Crippen LogP contribution is 2.38. The molecule has 5 rings (SSSR count). The number of aromatic nitrogens is 1. The smallest absolute Gasteiger partial charge is 0.407 e. The van der Waals surface area contributed by atoms with Crippen LogP contribution in [0.1, 0.15) is 24.1 Å². The van der Waals surface area contributed by atoms with Crippen molar-refractivity contribution in [3.63, 3.8) is 0 Å². The van der Waals surface area contributed by atoms with Crippen molar-refractivity contribution >= 4 is 22.7 Å². The number of ether oxygens (including phenoxy) is 2. The molecule has 0 fully saturated rings. The van der Waals surface area contributed by atoms with Gasteiger partial charge in [-0.15, -0.1) is 0 Å². The first-order valence-corrected chi connectivity index (χ1v) is 11.7. The van der Waals surface area contributed by atoms with E-state index in [2.05, 4.69) is 9.88 Å². The molecule has 2 aliphatic heterocycles. The predicted molar refractivity (Wildman–Crippen MR) is 128 cm³/mol. The van der Waals surface area contributed by atoms with Crippen molar-refractivity contribution < 1.29 is 23.8 Å². The Balaban J connectivity index is 1.17. The molecule has 178 valence electrons. The van der Waals surface area contributed by atoms with Crippen molar-refractivity contribution in [3.8, 4) is 11.5 Å². The summed E-state index contributed by atoms with van der Waals surface area (Å²) in [6.07, 6.45) is 1.07. The van der Waals surface area contributed by atoms with E-state index in [9.17, 15) is 14.3 Å². The van der Waals surface area contributed by atoms with E-state index in [0.29, 0.717) is 24.7 Å². The second-order valence-electron chi connectivity index (χ2n) is 8.91. The van der Waals surface area contributed by atoms with E-state index in [-0.39, 0.29) is 12.4 Å². The van der Waals surface area contributed by atoms with Gasteiger partial charge in [0.1, 0.15) is 12.4 Å². The summed E-state index contributed by atoms with van der Waals surface area (Å²) in [5.74, 6) is 1.08. The average molecular weight is 466 g/mol. The van der Waals surface area contributed by atoms with Crippen LogP contribution in [0.25, 0.3) is 10.9 Å². The van der Waals surface area contributed by atoms with Crippen molar-refractivity contribution in [2.24, 2.45) is 0 Å². The Labute approximate surface area is 197 Å². The van der Waals surface area contributed by atoms with Crippen LogP contribution in [0.5, 0.6) is 11.5 Å². The quantitative estimate of drug-likeness (QED) is 0.512. The molecule has 3 heterocycles. The Bertz CT molecular complexity index is 1220. The molecule has 0 saturated carbocycles. The molecule has 1 aromatic heterocycles. The maximum Gasteiger partial charge on any atom is 0.407 e. The molecule has 1 amide bonds. The molecule has 0 bridgehead atoms. The van der Waals surface area contributed by atoms with Crippen LogP contribution in [0.3, 0.4) is 0 Å². The predicted octanol–water partition coefficient (Wildman–Crippen LogP) is 4.65. The maximum atomic E-state index is 13.4. The van der Waals surface area contributed by atoms with Gasteiger partial charge in [0.2, 0.25) is 0 Å². The van der Waals surface area contributed by atoms with Gasteiger partial charge in [-0.1, -0.05) is 0 Å². The first-order chi connectivity index (χ1) is 16.5. The Kier molecular flexibility index (Phi) is 6.13. The first-order valence-electron chi connectivity index (χ1n) is 11.7. The molecule has 0 aliphatic carbocycles. The van der Waals surface area contributed by atoms with Crippen LogP contribution in [0.2, 0.25) is 0 Å². The Morgan fingerprint density at radius 2 is 2.12 bits per heavy atom. The fourth-order valence-electron chi connectivity index (χ4n) is 4.75. The third kappa shape index (κ3) is 4.58. The molecule has 0 spiro atoms. The minimum absolute atomic E-state index is 0.200. The number of amides is 1. The zero-order chi connectivity index (χ0) is 23.7. The van der Waals surface area contributed by atoms with Gasteiger partial charge in [-0.3, -0.25) is 4.98 Å². The molecule has 0 unspecified atom stereocenters. The number of carboxylic acid groups (broad SMARTS) is 1. The molecule has 2 aromatic carbocycles. The maximum absolute atomic E-state index is 13.4. The lowest BCUT2D eigenvalue weighted by atomic mass is 10.1. The van der Waals surface area contributed by atoms with E-state index in [1.807, 2.05) is 37.3 Å². The van der Waals surface area contributed by atoms with Gasteiger partial charge >= 0.3 is 6.09 Å². The van der Waals surface area contributed by atoms with E-state index in [1.54, 1.807) is 6.07 Å². The molecular weight excluding hydrogens is 437 g/mol. The number of unbranched alkanes of at least 4 members (excludes halogenated alkanes) is 1. The van der Waals surface area contributed by atoms with Crippen LogP contribution in [0.4, 0.5) is 14.9 Å². The van der Waals surface area contributed by atoms with E-state index in [1.165, 1.54) is 11.0 Å². The Morgan fingerprint density at radius 3 is 2.97 bits per heavy atom. The molecule has 0 saturated heterocycles. The highest BCUT2D eigenvalue weighted by Gasteiger charge is 2.27. The summed E-state index contributed by atoms with van der Waals surface area (Å²) in [4.78, 5) is 20.1. The van der Waals surface area contributed by atoms with Gasteiger partial charge in [-0.2, -0.15) is 0 Å². The topological polar surface area (TPSA) is 75.1 Å². The third-order valence-corrected chi connectivity index (χ3v) is 6.47. The molecular formula is C26H28FN3O4. The molecule has 2 aliphatic rings. The largest absolute Gasteiger partial charge is 0.486 e. The second kappa shape index (κ2) is 9.37.